The van der Waals surface area contributed by atoms with Gasteiger partial charge in [0.25, 0.3) is 0 Å². The van der Waals surface area contributed by atoms with Crippen LogP contribution in [-0.2, 0) is 0 Å². The van der Waals surface area contributed by atoms with Crippen molar-refractivity contribution in [1.29, 1.82) is 0 Å². The molecule has 2 N–H and O–H groups in total. The smallest absolute Gasteiger partial charge is 0.317 e. The molecule has 2 amide bonds. The molecule has 1 aliphatic heterocycles. The predicted octanol–water partition coefficient (Wildman–Crippen LogP) is 3.38. The molecule has 0 radical (unpaired) electrons. The Morgan fingerprint density at radius 3 is 2.76 bits per heavy atom. The zero-order valence-electron chi connectivity index (χ0n) is 14.1. The van der Waals surface area contributed by atoms with Crippen molar-refractivity contribution < 1.29 is 13.6 Å². The van der Waals surface area contributed by atoms with E-state index in [0.29, 0.717) is 31.1 Å². The number of hydrogen-bond donors (Lipinski definition) is 2. The Morgan fingerprint density at radius 1 is 1.36 bits per heavy atom. The number of hydrogen-bond acceptors (Lipinski definition) is 2. The summed E-state index contributed by atoms with van der Waals surface area (Å²) in [4.78, 5) is 14.1. The third-order valence-corrected chi connectivity index (χ3v) is 4.80. The van der Waals surface area contributed by atoms with E-state index in [9.17, 15) is 13.6 Å². The van der Waals surface area contributed by atoms with Crippen LogP contribution in [0.15, 0.2) is 30.5 Å². The summed E-state index contributed by atoms with van der Waals surface area (Å²) in [6, 6.07) is 5.36. The lowest BCUT2D eigenvalue weighted by Gasteiger charge is -2.31. The number of urea groups is 1. The molecule has 3 rings (SSSR count). The molecule has 0 aliphatic carbocycles. The third kappa shape index (κ3) is 4.15. The Labute approximate surface area is 145 Å². The standard InChI is InChI=1S/C18H22F2N4O/c1-12(15-3-2-14(19)10-16(15)20)11-21-18(25)24-8-5-13(6-9-24)17-4-7-22-23-17/h2-4,7,10,12-13H,5-6,8-9,11H2,1H3,(H,21,25)(H,22,23)/t12-/m0/s1. The number of H-pyrrole nitrogens is 1. The van der Waals surface area contributed by atoms with Crippen LogP contribution in [0.5, 0.6) is 0 Å². The number of nitrogens with one attached hydrogen (secondary N) is 2. The van der Waals surface area contributed by atoms with Gasteiger partial charge in [0.2, 0.25) is 0 Å². The second-order valence-electron chi connectivity index (χ2n) is 6.53. The molecule has 1 aromatic heterocycles. The average Bonchev–Trinajstić information content (AvgIpc) is 3.14. The third-order valence-electron chi connectivity index (χ3n) is 4.80. The first-order valence-electron chi connectivity index (χ1n) is 8.51. The van der Waals surface area contributed by atoms with Gasteiger partial charge in [0.1, 0.15) is 11.6 Å². The van der Waals surface area contributed by atoms with E-state index in [1.165, 1.54) is 12.1 Å². The number of piperidine rings is 1. The van der Waals surface area contributed by atoms with E-state index >= 15 is 0 Å². The van der Waals surface area contributed by atoms with Crippen LogP contribution in [0.2, 0.25) is 0 Å². The molecule has 1 saturated heterocycles. The molecular weight excluding hydrogens is 326 g/mol. The monoisotopic (exact) mass is 348 g/mol. The van der Waals surface area contributed by atoms with Crippen molar-refractivity contribution in [2.75, 3.05) is 19.6 Å². The maximum absolute atomic E-state index is 13.8. The topological polar surface area (TPSA) is 61.0 Å². The van der Waals surface area contributed by atoms with Gasteiger partial charge in [0, 0.05) is 49.4 Å². The minimum absolute atomic E-state index is 0.141. The van der Waals surface area contributed by atoms with E-state index in [1.54, 1.807) is 18.0 Å². The molecule has 25 heavy (non-hydrogen) atoms. The van der Waals surface area contributed by atoms with Gasteiger partial charge in [-0.25, -0.2) is 13.6 Å². The molecule has 0 spiro atoms. The molecule has 0 unspecified atom stereocenters. The quantitative estimate of drug-likeness (QED) is 0.890. The lowest BCUT2D eigenvalue weighted by Crippen LogP contribution is -2.45. The number of halogens is 2. The number of amides is 2. The highest BCUT2D eigenvalue weighted by atomic mass is 19.1. The van der Waals surface area contributed by atoms with Crippen molar-refractivity contribution in [3.8, 4) is 0 Å². The molecule has 2 aromatic rings. The molecule has 134 valence electrons. The summed E-state index contributed by atoms with van der Waals surface area (Å²) in [5.41, 5.74) is 1.51. The highest BCUT2D eigenvalue weighted by Crippen LogP contribution is 2.26. The fraction of sp³-hybridized carbons (Fsp3) is 0.444. The molecule has 2 heterocycles. The van der Waals surface area contributed by atoms with Crippen molar-refractivity contribution >= 4 is 6.03 Å². The Morgan fingerprint density at radius 2 is 2.12 bits per heavy atom. The van der Waals surface area contributed by atoms with Crippen LogP contribution in [0, 0.1) is 11.6 Å². The minimum Gasteiger partial charge on any atom is -0.337 e. The molecule has 0 saturated carbocycles. The second kappa shape index (κ2) is 7.63. The zero-order chi connectivity index (χ0) is 17.8. The van der Waals surface area contributed by atoms with E-state index in [4.69, 9.17) is 0 Å². The highest BCUT2D eigenvalue weighted by Gasteiger charge is 2.24. The number of rotatable bonds is 4. The van der Waals surface area contributed by atoms with Gasteiger partial charge >= 0.3 is 6.03 Å². The van der Waals surface area contributed by atoms with Gasteiger partial charge in [-0.15, -0.1) is 0 Å². The number of aromatic amines is 1. The van der Waals surface area contributed by atoms with E-state index in [1.807, 2.05) is 6.07 Å². The Balaban J connectivity index is 1.48. The summed E-state index contributed by atoms with van der Waals surface area (Å²) < 4.78 is 26.8. The first kappa shape index (κ1) is 17.4. The van der Waals surface area contributed by atoms with Gasteiger partial charge < -0.3 is 10.2 Å². The maximum Gasteiger partial charge on any atom is 0.317 e. The fourth-order valence-corrected chi connectivity index (χ4v) is 3.25. The first-order valence-corrected chi connectivity index (χ1v) is 8.51. The van der Waals surface area contributed by atoms with Crippen LogP contribution in [0.25, 0.3) is 0 Å². The number of likely N-dealkylation sites (tertiary alicyclic amines) is 1. The van der Waals surface area contributed by atoms with Crippen molar-refractivity contribution in [3.05, 3.63) is 53.4 Å². The van der Waals surface area contributed by atoms with Crippen molar-refractivity contribution in [2.45, 2.75) is 31.6 Å². The molecule has 1 fully saturated rings. The lowest BCUT2D eigenvalue weighted by molar-refractivity contribution is 0.180. The minimum atomic E-state index is -0.599. The summed E-state index contributed by atoms with van der Waals surface area (Å²) in [5.74, 6) is -1.01. The first-order chi connectivity index (χ1) is 12.0. The van der Waals surface area contributed by atoms with E-state index in [0.717, 1.165) is 24.6 Å². The van der Waals surface area contributed by atoms with Crippen LogP contribution < -0.4 is 5.32 Å². The summed E-state index contributed by atoms with van der Waals surface area (Å²) in [6.45, 7) is 3.46. The van der Waals surface area contributed by atoms with Gasteiger partial charge in [-0.2, -0.15) is 5.10 Å². The zero-order valence-corrected chi connectivity index (χ0v) is 14.1. The molecular formula is C18H22F2N4O. The SMILES string of the molecule is C[C@@H](CNC(=O)N1CCC(c2ccn[nH]2)CC1)c1ccc(F)cc1F. The van der Waals surface area contributed by atoms with E-state index in [-0.39, 0.29) is 11.9 Å². The maximum atomic E-state index is 13.8. The normalized spacial score (nSPS) is 16.7. The summed E-state index contributed by atoms with van der Waals surface area (Å²) in [7, 11) is 0. The highest BCUT2D eigenvalue weighted by molar-refractivity contribution is 5.74. The molecule has 1 aromatic carbocycles. The Kier molecular flexibility index (Phi) is 5.31. The van der Waals surface area contributed by atoms with Gasteiger partial charge in [-0.05, 0) is 30.5 Å². The fourth-order valence-electron chi connectivity index (χ4n) is 3.25. The average molecular weight is 348 g/mol. The number of aromatic nitrogens is 2. The largest absolute Gasteiger partial charge is 0.337 e. The van der Waals surface area contributed by atoms with E-state index in [2.05, 4.69) is 15.5 Å². The molecule has 7 heteroatoms. The predicted molar refractivity (Wildman–Crippen MR) is 90.3 cm³/mol. The van der Waals surface area contributed by atoms with Crippen molar-refractivity contribution in [2.24, 2.45) is 0 Å². The van der Waals surface area contributed by atoms with Gasteiger partial charge in [0.15, 0.2) is 0 Å². The van der Waals surface area contributed by atoms with Crippen LogP contribution in [-0.4, -0.2) is 40.8 Å². The number of nitrogens with zero attached hydrogens (tertiary/aromatic N) is 2. The summed E-state index contributed by atoms with van der Waals surface area (Å²) in [5, 5.41) is 9.81. The Bertz CT molecular complexity index is 712. The molecule has 1 atom stereocenters. The summed E-state index contributed by atoms with van der Waals surface area (Å²) >= 11 is 0. The van der Waals surface area contributed by atoms with Crippen LogP contribution in [0.1, 0.15) is 42.9 Å². The van der Waals surface area contributed by atoms with Gasteiger partial charge in [0.05, 0.1) is 0 Å². The molecule has 5 nitrogen and oxygen atoms in total. The van der Waals surface area contributed by atoms with Crippen LogP contribution >= 0.6 is 0 Å². The van der Waals surface area contributed by atoms with Gasteiger partial charge in [-0.3, -0.25) is 5.10 Å². The number of benzene rings is 1. The molecule has 1 aliphatic rings. The van der Waals surface area contributed by atoms with Crippen molar-refractivity contribution in [1.82, 2.24) is 20.4 Å². The molecule has 0 bridgehead atoms. The lowest BCUT2D eigenvalue weighted by atomic mass is 9.94. The van der Waals surface area contributed by atoms with E-state index < -0.39 is 11.6 Å². The number of carbonyl (C=O) groups is 1. The van der Waals surface area contributed by atoms with Crippen LogP contribution in [0.4, 0.5) is 13.6 Å². The van der Waals surface area contributed by atoms with Crippen molar-refractivity contribution in [3.63, 3.8) is 0 Å². The van der Waals surface area contributed by atoms with Gasteiger partial charge in [-0.1, -0.05) is 13.0 Å². The Hall–Kier alpha value is -2.44. The van der Waals surface area contributed by atoms with Crippen LogP contribution in [0.3, 0.4) is 0 Å². The number of carbonyl (C=O) groups excluding carboxylic acids is 1. The second-order valence-corrected chi connectivity index (χ2v) is 6.53. The summed E-state index contributed by atoms with van der Waals surface area (Å²) in [6.07, 6.45) is 3.51.